The van der Waals surface area contributed by atoms with Gasteiger partial charge in [0.2, 0.25) is 0 Å². The van der Waals surface area contributed by atoms with Crippen molar-refractivity contribution >= 4 is 23.4 Å². The first kappa shape index (κ1) is 24.2. The summed E-state index contributed by atoms with van der Waals surface area (Å²) < 4.78 is 5.28. The molecule has 2 aromatic carbocycles. The van der Waals surface area contributed by atoms with Crippen LogP contribution in [0.3, 0.4) is 0 Å². The molecular weight excluding hydrogens is 414 g/mol. The van der Waals surface area contributed by atoms with Gasteiger partial charge in [0.1, 0.15) is 5.60 Å². The fourth-order valence-electron chi connectivity index (χ4n) is 3.46. The third-order valence-corrected chi connectivity index (χ3v) is 5.08. The highest BCUT2D eigenvalue weighted by Crippen LogP contribution is 2.18. The van der Waals surface area contributed by atoms with Crippen LogP contribution in [0.2, 0.25) is 0 Å². The van der Waals surface area contributed by atoms with E-state index in [4.69, 9.17) is 4.74 Å². The molecule has 0 unspecified atom stereocenters. The third-order valence-electron chi connectivity index (χ3n) is 5.08. The van der Waals surface area contributed by atoms with Crippen molar-refractivity contribution < 1.29 is 9.53 Å². The molecule has 7 heteroatoms. The minimum absolute atomic E-state index is 0.450. The van der Waals surface area contributed by atoms with Crippen molar-refractivity contribution in [3.63, 3.8) is 0 Å². The van der Waals surface area contributed by atoms with E-state index in [9.17, 15) is 4.79 Å². The minimum Gasteiger partial charge on any atom is -0.444 e. The summed E-state index contributed by atoms with van der Waals surface area (Å²) in [6, 6.07) is 16.4. The molecule has 0 bridgehead atoms. The smallest absolute Gasteiger partial charge is 0.412 e. The standard InChI is InChI=1S/C26H35N5O2/c1-26(2,3)33-25(32)30-22-12-10-20(11-13-22)14-15-28-24(27-4)29-19-21-8-7-9-23(18-21)31-16-5-6-17-31/h5-13,18H,14-17,19H2,1-4H3,(H,30,32)(H2,27,28,29). The number of anilines is 2. The summed E-state index contributed by atoms with van der Waals surface area (Å²) in [6.45, 7) is 8.92. The lowest BCUT2D eigenvalue weighted by Crippen LogP contribution is -2.37. The summed E-state index contributed by atoms with van der Waals surface area (Å²) in [6.07, 6.45) is 4.78. The fourth-order valence-corrected chi connectivity index (χ4v) is 3.46. The van der Waals surface area contributed by atoms with E-state index in [-0.39, 0.29) is 0 Å². The van der Waals surface area contributed by atoms with E-state index in [0.717, 1.165) is 32.0 Å². The summed E-state index contributed by atoms with van der Waals surface area (Å²) in [5.74, 6) is 0.770. The van der Waals surface area contributed by atoms with E-state index >= 15 is 0 Å². The van der Waals surface area contributed by atoms with Crippen LogP contribution in [0.4, 0.5) is 16.2 Å². The zero-order valence-electron chi connectivity index (χ0n) is 20.0. The molecule has 0 saturated carbocycles. The Morgan fingerprint density at radius 3 is 2.42 bits per heavy atom. The summed E-state index contributed by atoms with van der Waals surface area (Å²) in [7, 11) is 1.78. The molecule has 0 aliphatic carbocycles. The molecule has 0 saturated heterocycles. The van der Waals surface area contributed by atoms with E-state index in [1.54, 1.807) is 7.05 Å². The van der Waals surface area contributed by atoms with Crippen molar-refractivity contribution in [3.05, 3.63) is 71.8 Å². The van der Waals surface area contributed by atoms with Gasteiger partial charge >= 0.3 is 6.09 Å². The summed E-state index contributed by atoms with van der Waals surface area (Å²) >= 11 is 0. The molecule has 0 radical (unpaired) electrons. The molecule has 1 heterocycles. The van der Waals surface area contributed by atoms with Crippen molar-refractivity contribution in [3.8, 4) is 0 Å². The number of nitrogens with zero attached hydrogens (tertiary/aromatic N) is 2. The van der Waals surface area contributed by atoms with Crippen LogP contribution >= 0.6 is 0 Å². The molecule has 3 N–H and O–H groups in total. The number of benzene rings is 2. The SMILES string of the molecule is CN=C(NCCc1ccc(NC(=O)OC(C)(C)C)cc1)NCc1cccc(N2CC=CC2)c1. The average Bonchev–Trinajstić information content (AvgIpc) is 3.31. The van der Waals surface area contributed by atoms with E-state index in [1.807, 2.05) is 45.0 Å². The maximum absolute atomic E-state index is 11.9. The molecule has 2 aromatic rings. The number of rotatable bonds is 7. The van der Waals surface area contributed by atoms with Crippen molar-refractivity contribution in [2.24, 2.45) is 4.99 Å². The van der Waals surface area contributed by atoms with Crippen LogP contribution in [0.1, 0.15) is 31.9 Å². The van der Waals surface area contributed by atoms with Crippen LogP contribution < -0.4 is 20.9 Å². The van der Waals surface area contributed by atoms with Gasteiger partial charge in [-0.25, -0.2) is 4.79 Å². The second-order valence-electron chi connectivity index (χ2n) is 8.97. The second kappa shape index (κ2) is 11.4. The lowest BCUT2D eigenvalue weighted by Gasteiger charge is -2.19. The van der Waals surface area contributed by atoms with Crippen LogP contribution in [0, 0.1) is 0 Å². The Morgan fingerprint density at radius 2 is 1.76 bits per heavy atom. The number of hydrogen-bond acceptors (Lipinski definition) is 4. The topological polar surface area (TPSA) is 78.0 Å². The lowest BCUT2D eigenvalue weighted by molar-refractivity contribution is 0.0636. The number of carbonyl (C=O) groups is 1. The first-order valence-corrected chi connectivity index (χ1v) is 11.3. The zero-order chi connectivity index (χ0) is 23.7. The number of guanidine groups is 1. The Labute approximate surface area is 196 Å². The zero-order valence-corrected chi connectivity index (χ0v) is 20.0. The number of nitrogens with one attached hydrogen (secondary N) is 3. The fraction of sp³-hybridized carbons (Fsp3) is 0.385. The number of amides is 1. The molecule has 7 nitrogen and oxygen atoms in total. The van der Waals surface area contributed by atoms with Crippen LogP contribution in [0.15, 0.2) is 65.7 Å². The largest absolute Gasteiger partial charge is 0.444 e. The molecule has 33 heavy (non-hydrogen) atoms. The molecule has 3 rings (SSSR count). The van der Waals surface area contributed by atoms with Gasteiger partial charge in [0.15, 0.2) is 5.96 Å². The Kier molecular flexibility index (Phi) is 8.35. The van der Waals surface area contributed by atoms with Crippen LogP contribution in [-0.2, 0) is 17.7 Å². The van der Waals surface area contributed by atoms with Gasteiger partial charge in [0.25, 0.3) is 0 Å². The summed E-state index contributed by atoms with van der Waals surface area (Å²) in [5, 5.41) is 9.49. The number of hydrogen-bond donors (Lipinski definition) is 3. The second-order valence-corrected chi connectivity index (χ2v) is 8.97. The first-order chi connectivity index (χ1) is 15.8. The Morgan fingerprint density at radius 1 is 1.03 bits per heavy atom. The Hall–Kier alpha value is -3.48. The molecule has 1 amide bonds. The lowest BCUT2D eigenvalue weighted by atomic mass is 10.1. The van der Waals surface area contributed by atoms with E-state index in [2.05, 4.69) is 62.3 Å². The maximum atomic E-state index is 11.9. The third kappa shape index (κ3) is 8.18. The highest BCUT2D eigenvalue weighted by molar-refractivity contribution is 5.84. The number of aliphatic imine (C=N–C) groups is 1. The normalized spacial score (nSPS) is 13.7. The van der Waals surface area contributed by atoms with Gasteiger partial charge in [0.05, 0.1) is 0 Å². The highest BCUT2D eigenvalue weighted by atomic mass is 16.6. The Balaban J connectivity index is 1.41. The van der Waals surface area contributed by atoms with Gasteiger partial charge in [-0.1, -0.05) is 36.4 Å². The number of carbonyl (C=O) groups excluding carboxylic acids is 1. The molecular formula is C26H35N5O2. The van der Waals surface area contributed by atoms with Crippen LogP contribution in [0.25, 0.3) is 0 Å². The van der Waals surface area contributed by atoms with Crippen molar-refractivity contribution in [1.29, 1.82) is 0 Å². The molecule has 176 valence electrons. The molecule has 1 aliphatic heterocycles. The van der Waals surface area contributed by atoms with Crippen LogP contribution in [-0.4, -0.2) is 44.3 Å². The van der Waals surface area contributed by atoms with Crippen molar-refractivity contribution in [1.82, 2.24) is 10.6 Å². The van der Waals surface area contributed by atoms with Crippen LogP contribution in [0.5, 0.6) is 0 Å². The van der Waals surface area contributed by atoms with Crippen molar-refractivity contribution in [2.45, 2.75) is 39.3 Å². The van der Waals surface area contributed by atoms with Gasteiger partial charge in [-0.2, -0.15) is 0 Å². The van der Waals surface area contributed by atoms with E-state index in [0.29, 0.717) is 12.2 Å². The highest BCUT2D eigenvalue weighted by Gasteiger charge is 2.16. The predicted molar refractivity (Wildman–Crippen MR) is 136 cm³/mol. The number of ether oxygens (including phenoxy) is 1. The average molecular weight is 450 g/mol. The van der Waals surface area contributed by atoms with Gasteiger partial charge in [0, 0.05) is 44.6 Å². The van der Waals surface area contributed by atoms with Crippen molar-refractivity contribution in [2.75, 3.05) is 36.9 Å². The predicted octanol–water partition coefficient (Wildman–Crippen LogP) is 4.32. The quantitative estimate of drug-likeness (QED) is 0.333. The molecule has 0 aromatic heterocycles. The summed E-state index contributed by atoms with van der Waals surface area (Å²) in [4.78, 5) is 18.5. The van der Waals surface area contributed by atoms with Gasteiger partial charge in [-0.15, -0.1) is 0 Å². The minimum atomic E-state index is -0.517. The van der Waals surface area contributed by atoms with Gasteiger partial charge in [-0.05, 0) is 62.6 Å². The Bertz CT molecular complexity index is 969. The molecule has 0 atom stereocenters. The molecule has 1 aliphatic rings. The molecule has 0 spiro atoms. The van der Waals surface area contributed by atoms with Gasteiger partial charge < -0.3 is 20.3 Å². The van der Waals surface area contributed by atoms with E-state index in [1.165, 1.54) is 16.8 Å². The first-order valence-electron chi connectivity index (χ1n) is 11.3. The molecule has 0 fully saturated rings. The maximum Gasteiger partial charge on any atom is 0.412 e. The monoisotopic (exact) mass is 449 g/mol. The van der Waals surface area contributed by atoms with Gasteiger partial charge in [-0.3, -0.25) is 10.3 Å². The summed E-state index contributed by atoms with van der Waals surface area (Å²) in [5.41, 5.74) is 3.82. The van der Waals surface area contributed by atoms with E-state index < -0.39 is 11.7 Å².